The zero-order chi connectivity index (χ0) is 21.6. The minimum atomic E-state index is -0.892. The van der Waals surface area contributed by atoms with Crippen LogP contribution >= 0.6 is 11.6 Å². The Hall–Kier alpha value is -2.73. The van der Waals surface area contributed by atoms with Crippen molar-refractivity contribution in [2.45, 2.75) is 31.6 Å². The number of nitrogens with zero attached hydrogens (tertiary/aromatic N) is 2. The number of rotatable bonds is 7. The molecule has 0 saturated carbocycles. The van der Waals surface area contributed by atoms with E-state index in [1.165, 1.54) is 0 Å². The number of hydrogen-bond donors (Lipinski definition) is 1. The lowest BCUT2D eigenvalue weighted by Gasteiger charge is -2.34. The van der Waals surface area contributed by atoms with Gasteiger partial charge in [0, 0.05) is 30.9 Å². The van der Waals surface area contributed by atoms with Crippen LogP contribution in [0, 0.1) is 0 Å². The summed E-state index contributed by atoms with van der Waals surface area (Å²) in [6.07, 6.45) is 3.51. The monoisotopic (exact) mass is 436 g/mol. The van der Waals surface area contributed by atoms with Crippen LogP contribution in [-0.2, 0) is 11.3 Å². The molecule has 2 aromatic carbocycles. The molecule has 1 N–H and O–H groups in total. The molecule has 1 unspecified atom stereocenters. The summed E-state index contributed by atoms with van der Waals surface area (Å²) in [5.41, 5.74) is 3.28. The molecule has 1 aliphatic rings. The Morgan fingerprint density at radius 2 is 1.87 bits per heavy atom. The third-order valence-corrected chi connectivity index (χ3v) is 5.82. The van der Waals surface area contributed by atoms with E-state index in [1.54, 1.807) is 24.4 Å². The molecule has 5 nitrogen and oxygen atoms in total. The number of carbonyl (C=O) groups is 1. The third kappa shape index (κ3) is 5.70. The average molecular weight is 437 g/mol. The molecule has 0 amide bonds. The predicted octanol–water partition coefficient (Wildman–Crippen LogP) is 5.20. The molecule has 0 aliphatic carbocycles. The van der Waals surface area contributed by atoms with Crippen LogP contribution < -0.4 is 0 Å². The maximum atomic E-state index is 11.2. The summed E-state index contributed by atoms with van der Waals surface area (Å²) in [7, 11) is 0. The maximum Gasteiger partial charge on any atom is 0.335 e. The lowest BCUT2D eigenvalue weighted by molar-refractivity contribution is -0.0296. The van der Waals surface area contributed by atoms with E-state index in [-0.39, 0.29) is 12.2 Å². The third-order valence-electron chi connectivity index (χ3n) is 5.57. The van der Waals surface area contributed by atoms with Crippen molar-refractivity contribution in [1.82, 2.24) is 9.88 Å². The minimum absolute atomic E-state index is 0.129. The molecule has 160 valence electrons. The Balaban J connectivity index is 1.39. The Morgan fingerprint density at radius 3 is 2.55 bits per heavy atom. The number of aromatic carboxylic acids is 1. The molecule has 1 aromatic heterocycles. The van der Waals surface area contributed by atoms with Gasteiger partial charge >= 0.3 is 5.97 Å². The number of halogens is 1. The first-order valence-corrected chi connectivity index (χ1v) is 10.8. The first-order valence-electron chi connectivity index (χ1n) is 10.4. The van der Waals surface area contributed by atoms with Gasteiger partial charge in [-0.1, -0.05) is 41.9 Å². The van der Waals surface area contributed by atoms with Crippen molar-refractivity contribution in [3.8, 4) is 0 Å². The highest BCUT2D eigenvalue weighted by Crippen LogP contribution is 2.30. The number of piperidine rings is 1. The Morgan fingerprint density at radius 1 is 1.10 bits per heavy atom. The van der Waals surface area contributed by atoms with Crippen molar-refractivity contribution < 1.29 is 14.6 Å². The van der Waals surface area contributed by atoms with Crippen molar-refractivity contribution in [2.75, 3.05) is 13.1 Å². The molecule has 0 bridgehead atoms. The van der Waals surface area contributed by atoms with Gasteiger partial charge in [-0.15, -0.1) is 0 Å². The fourth-order valence-corrected chi connectivity index (χ4v) is 4.07. The Bertz CT molecular complexity index is 1000. The van der Waals surface area contributed by atoms with Crippen LogP contribution in [0.2, 0.25) is 5.02 Å². The molecule has 1 saturated heterocycles. The predicted molar refractivity (Wildman–Crippen MR) is 120 cm³/mol. The van der Waals surface area contributed by atoms with E-state index >= 15 is 0 Å². The van der Waals surface area contributed by atoms with E-state index < -0.39 is 5.97 Å². The lowest BCUT2D eigenvalue weighted by Crippen LogP contribution is -2.37. The van der Waals surface area contributed by atoms with Crippen LogP contribution in [-0.4, -0.2) is 40.2 Å². The molecule has 2 heterocycles. The second-order valence-electron chi connectivity index (χ2n) is 7.80. The highest BCUT2D eigenvalue weighted by molar-refractivity contribution is 6.30. The summed E-state index contributed by atoms with van der Waals surface area (Å²) in [5, 5.41) is 9.89. The summed E-state index contributed by atoms with van der Waals surface area (Å²) in [6, 6.07) is 20.8. The molecule has 3 aromatic rings. The van der Waals surface area contributed by atoms with E-state index in [0.29, 0.717) is 10.6 Å². The first kappa shape index (κ1) is 21.5. The van der Waals surface area contributed by atoms with Gasteiger partial charge in [-0.25, -0.2) is 4.79 Å². The van der Waals surface area contributed by atoms with Crippen LogP contribution in [0.5, 0.6) is 0 Å². The molecule has 1 aliphatic heterocycles. The molecular formula is C25H25ClN2O3. The second kappa shape index (κ2) is 10.1. The number of hydrogen-bond acceptors (Lipinski definition) is 4. The number of pyridine rings is 1. The van der Waals surface area contributed by atoms with Crippen LogP contribution in [0.15, 0.2) is 72.9 Å². The van der Waals surface area contributed by atoms with Gasteiger partial charge < -0.3 is 9.84 Å². The van der Waals surface area contributed by atoms with Gasteiger partial charge in [-0.3, -0.25) is 9.88 Å². The van der Waals surface area contributed by atoms with Crippen LogP contribution in [0.25, 0.3) is 0 Å². The summed E-state index contributed by atoms with van der Waals surface area (Å²) < 4.78 is 6.54. The van der Waals surface area contributed by atoms with E-state index in [2.05, 4.69) is 9.88 Å². The zero-order valence-corrected chi connectivity index (χ0v) is 17.9. The molecule has 1 fully saturated rings. The highest BCUT2D eigenvalue weighted by Gasteiger charge is 2.25. The van der Waals surface area contributed by atoms with Gasteiger partial charge in [0.2, 0.25) is 0 Å². The highest BCUT2D eigenvalue weighted by atomic mass is 35.5. The smallest absolute Gasteiger partial charge is 0.335 e. The lowest BCUT2D eigenvalue weighted by atomic mass is 10.0. The topological polar surface area (TPSA) is 62.7 Å². The van der Waals surface area contributed by atoms with Gasteiger partial charge in [0.25, 0.3) is 0 Å². The fourth-order valence-electron chi connectivity index (χ4n) is 3.94. The van der Waals surface area contributed by atoms with Crippen molar-refractivity contribution in [2.24, 2.45) is 0 Å². The summed E-state index contributed by atoms with van der Waals surface area (Å²) in [4.78, 5) is 18.1. The SMILES string of the molecule is O=C(O)c1cccc(CN2CCC(OC(c3ccc(Cl)cc3)c3ccccn3)CC2)c1. The number of likely N-dealkylation sites (tertiary alicyclic amines) is 1. The Labute approximate surface area is 187 Å². The van der Waals surface area contributed by atoms with Crippen molar-refractivity contribution in [3.05, 3.63) is 100 Å². The molecule has 1 atom stereocenters. The molecule has 31 heavy (non-hydrogen) atoms. The van der Waals surface area contributed by atoms with E-state index in [4.69, 9.17) is 16.3 Å². The minimum Gasteiger partial charge on any atom is -0.478 e. The van der Waals surface area contributed by atoms with Crippen molar-refractivity contribution in [1.29, 1.82) is 0 Å². The maximum absolute atomic E-state index is 11.2. The van der Waals surface area contributed by atoms with Crippen LogP contribution in [0.3, 0.4) is 0 Å². The summed E-state index contributed by atoms with van der Waals surface area (Å²) >= 11 is 6.07. The van der Waals surface area contributed by atoms with E-state index in [1.807, 2.05) is 48.5 Å². The fraction of sp³-hybridized carbons (Fsp3) is 0.280. The van der Waals surface area contributed by atoms with Gasteiger partial charge in [0.1, 0.15) is 6.10 Å². The normalized spacial score (nSPS) is 16.2. The number of ether oxygens (including phenoxy) is 1. The average Bonchev–Trinajstić information content (AvgIpc) is 2.80. The van der Waals surface area contributed by atoms with E-state index in [0.717, 1.165) is 49.3 Å². The van der Waals surface area contributed by atoms with Crippen molar-refractivity contribution in [3.63, 3.8) is 0 Å². The number of carboxylic acids is 1. The zero-order valence-electron chi connectivity index (χ0n) is 17.2. The summed E-state index contributed by atoms with van der Waals surface area (Å²) in [5.74, 6) is -0.892. The van der Waals surface area contributed by atoms with Crippen molar-refractivity contribution >= 4 is 17.6 Å². The van der Waals surface area contributed by atoms with E-state index in [9.17, 15) is 9.90 Å². The number of aromatic nitrogens is 1. The summed E-state index contributed by atoms with van der Waals surface area (Å²) in [6.45, 7) is 2.55. The molecule has 0 radical (unpaired) electrons. The van der Waals surface area contributed by atoms with Gasteiger partial charge in [0.15, 0.2) is 0 Å². The first-order chi connectivity index (χ1) is 15.1. The quantitative estimate of drug-likeness (QED) is 0.551. The largest absolute Gasteiger partial charge is 0.478 e. The van der Waals surface area contributed by atoms with Gasteiger partial charge in [-0.2, -0.15) is 0 Å². The standard InChI is InChI=1S/C25H25ClN2O3/c26-21-9-7-19(8-10-21)24(23-6-1-2-13-27-23)31-22-11-14-28(15-12-22)17-18-4-3-5-20(16-18)25(29)30/h1-10,13,16,22,24H,11-12,14-15,17H2,(H,29,30). The molecule has 0 spiro atoms. The molecule has 6 heteroatoms. The molecule has 4 rings (SSSR count). The number of carboxylic acid groups (broad SMARTS) is 1. The number of benzene rings is 2. The van der Waals surface area contributed by atoms with Gasteiger partial charge in [-0.05, 0) is 60.4 Å². The molecular weight excluding hydrogens is 412 g/mol. The van der Waals surface area contributed by atoms with Crippen LogP contribution in [0.1, 0.15) is 46.1 Å². The second-order valence-corrected chi connectivity index (χ2v) is 8.24. The van der Waals surface area contributed by atoms with Gasteiger partial charge in [0.05, 0.1) is 17.4 Å². The Kier molecular flexibility index (Phi) is 6.97. The van der Waals surface area contributed by atoms with Crippen LogP contribution in [0.4, 0.5) is 0 Å².